The smallest absolute Gasteiger partial charge is 0.245 e. The van der Waals surface area contributed by atoms with Crippen LogP contribution in [-0.4, -0.2) is 13.9 Å². The highest BCUT2D eigenvalue weighted by molar-refractivity contribution is 5.47. The zero-order valence-electron chi connectivity index (χ0n) is 15.7. The molecule has 0 saturated heterocycles. The molecule has 26 heavy (non-hydrogen) atoms. The van der Waals surface area contributed by atoms with Crippen LogP contribution in [0.5, 0.6) is 0 Å². The van der Waals surface area contributed by atoms with Gasteiger partial charge in [0.2, 0.25) is 0 Å². The number of hydrogen-bond donors (Lipinski definition) is 0. The standard InChI is InChI=1S/C21H21N3O2/c1-13-15-9-5-6-12-21(15)17-11-10-16(18(13)21)23-19(25)22(20(26)24(17)23)14-7-3-2-4-8-14/h2-4,7-8,10-11,16-18H,5-6,9,12H2,1H3/i18D. The van der Waals surface area contributed by atoms with Crippen molar-refractivity contribution in [2.45, 2.75) is 44.7 Å². The van der Waals surface area contributed by atoms with Gasteiger partial charge >= 0.3 is 11.4 Å². The lowest BCUT2D eigenvalue weighted by molar-refractivity contribution is -0.00781. The van der Waals surface area contributed by atoms with Crippen molar-refractivity contribution in [2.24, 2.45) is 11.3 Å². The molecule has 2 aliphatic heterocycles. The van der Waals surface area contributed by atoms with Gasteiger partial charge in [-0.25, -0.2) is 23.5 Å². The maximum absolute atomic E-state index is 13.4. The number of rotatable bonds is 1. The molecule has 0 radical (unpaired) electrons. The van der Waals surface area contributed by atoms with Gasteiger partial charge in [0.05, 0.1) is 17.8 Å². The molecule has 2 bridgehead atoms. The van der Waals surface area contributed by atoms with Gasteiger partial charge < -0.3 is 0 Å². The van der Waals surface area contributed by atoms with Crippen molar-refractivity contribution in [1.29, 1.82) is 0 Å². The Labute approximate surface area is 152 Å². The van der Waals surface area contributed by atoms with E-state index in [1.807, 2.05) is 24.3 Å². The van der Waals surface area contributed by atoms with E-state index in [0.717, 1.165) is 31.3 Å². The van der Waals surface area contributed by atoms with Crippen molar-refractivity contribution < 1.29 is 1.37 Å². The van der Waals surface area contributed by atoms with Gasteiger partial charge in [0.1, 0.15) is 0 Å². The zero-order valence-corrected chi connectivity index (χ0v) is 14.7. The summed E-state index contributed by atoms with van der Waals surface area (Å²) in [5.74, 6) is -0.818. The SMILES string of the molecule is [2H]C12C(C)=C3CCCCC31C1C=CC2n2c(=O)n(-c3ccccc3)c(=O)n21. The predicted molar refractivity (Wildman–Crippen MR) is 98.6 cm³/mol. The van der Waals surface area contributed by atoms with Crippen molar-refractivity contribution in [3.8, 4) is 5.69 Å². The summed E-state index contributed by atoms with van der Waals surface area (Å²) in [6, 6.07) is 8.42. The van der Waals surface area contributed by atoms with Gasteiger partial charge in [0, 0.05) is 12.7 Å². The van der Waals surface area contributed by atoms with Crippen LogP contribution in [0, 0.1) is 11.3 Å². The van der Waals surface area contributed by atoms with E-state index in [2.05, 4.69) is 13.0 Å². The Kier molecular flexibility index (Phi) is 2.40. The van der Waals surface area contributed by atoms with Crippen LogP contribution in [0.25, 0.3) is 5.69 Å². The molecule has 1 aromatic carbocycles. The van der Waals surface area contributed by atoms with E-state index >= 15 is 0 Å². The van der Waals surface area contributed by atoms with Gasteiger partial charge in [-0.3, -0.25) is 0 Å². The summed E-state index contributed by atoms with van der Waals surface area (Å²) in [6.07, 6.45) is 8.22. The Balaban J connectivity index is 1.67. The quantitative estimate of drug-likeness (QED) is 0.744. The van der Waals surface area contributed by atoms with Gasteiger partial charge in [-0.05, 0) is 38.3 Å². The highest BCUT2D eigenvalue weighted by Gasteiger charge is 2.64. The third-order valence-electron chi connectivity index (χ3n) is 6.95. The van der Waals surface area contributed by atoms with Crippen LogP contribution in [0.2, 0.25) is 0 Å². The van der Waals surface area contributed by atoms with E-state index in [0.29, 0.717) is 5.69 Å². The maximum atomic E-state index is 13.4. The largest absolute Gasteiger partial charge is 0.352 e. The average Bonchev–Trinajstić information content (AvgIpc) is 2.97. The fourth-order valence-electron chi connectivity index (χ4n) is 6.05. The molecule has 5 nitrogen and oxygen atoms in total. The van der Waals surface area contributed by atoms with Crippen molar-refractivity contribution in [3.63, 3.8) is 0 Å². The molecule has 3 aliphatic carbocycles. The van der Waals surface area contributed by atoms with E-state index in [1.54, 1.807) is 21.5 Å². The lowest BCUT2D eigenvalue weighted by Crippen LogP contribution is -2.61. The summed E-state index contributed by atoms with van der Waals surface area (Å²) >= 11 is 0. The van der Waals surface area contributed by atoms with Crippen molar-refractivity contribution >= 4 is 0 Å². The molecule has 7 rings (SSSR count). The van der Waals surface area contributed by atoms with Crippen LogP contribution < -0.4 is 11.4 Å². The number of hydrogen-bond acceptors (Lipinski definition) is 2. The molecule has 5 aliphatic rings. The Hall–Kier alpha value is -2.56. The molecule has 4 atom stereocenters. The fourth-order valence-corrected chi connectivity index (χ4v) is 6.05. The lowest BCUT2D eigenvalue weighted by atomic mass is 9.44. The third-order valence-corrected chi connectivity index (χ3v) is 6.95. The Morgan fingerprint density at radius 1 is 1.08 bits per heavy atom. The number of allylic oxidation sites excluding steroid dienone is 4. The molecule has 1 spiro atoms. The monoisotopic (exact) mass is 348 g/mol. The van der Waals surface area contributed by atoms with Gasteiger partial charge in [-0.15, -0.1) is 0 Å². The molecule has 0 amide bonds. The van der Waals surface area contributed by atoms with Crippen LogP contribution in [0.4, 0.5) is 0 Å². The molecule has 4 unspecified atom stereocenters. The minimum absolute atomic E-state index is 0.246. The van der Waals surface area contributed by atoms with Gasteiger partial charge in [0.15, 0.2) is 0 Å². The average molecular weight is 348 g/mol. The van der Waals surface area contributed by atoms with Crippen LogP contribution >= 0.6 is 0 Å². The minimum atomic E-state index is -0.818. The molecule has 1 aromatic heterocycles. The zero-order chi connectivity index (χ0) is 18.6. The summed E-state index contributed by atoms with van der Waals surface area (Å²) in [5, 5.41) is 0. The molecule has 132 valence electrons. The van der Waals surface area contributed by atoms with Crippen molar-refractivity contribution in [1.82, 2.24) is 13.9 Å². The second kappa shape index (κ2) is 4.58. The van der Waals surface area contributed by atoms with E-state index < -0.39 is 11.9 Å². The topological polar surface area (TPSA) is 48.9 Å². The molecular weight excluding hydrogens is 326 g/mol. The van der Waals surface area contributed by atoms with E-state index in [4.69, 9.17) is 0 Å². The third kappa shape index (κ3) is 1.38. The maximum Gasteiger partial charge on any atom is 0.352 e. The molecule has 5 heteroatoms. The van der Waals surface area contributed by atoms with Crippen LogP contribution in [0.15, 0.2) is 63.2 Å². The van der Waals surface area contributed by atoms with Crippen molar-refractivity contribution in [3.05, 3.63) is 74.6 Å². The summed E-state index contributed by atoms with van der Waals surface area (Å²) in [6.45, 7) is 2.06. The molecule has 2 aromatic rings. The fraction of sp³-hybridized carbons (Fsp3) is 0.429. The highest BCUT2D eigenvalue weighted by atomic mass is 16.2. The minimum Gasteiger partial charge on any atom is -0.245 e. The number of aromatic nitrogens is 3. The Morgan fingerprint density at radius 3 is 2.65 bits per heavy atom. The molecule has 1 saturated carbocycles. The number of nitrogens with zero attached hydrogens (tertiary/aromatic N) is 3. The van der Waals surface area contributed by atoms with E-state index in [-0.39, 0.29) is 22.8 Å². The van der Waals surface area contributed by atoms with Crippen molar-refractivity contribution in [2.75, 3.05) is 0 Å². The molecular formula is C21H21N3O2. The van der Waals surface area contributed by atoms with Crippen LogP contribution in [0.1, 0.15) is 46.1 Å². The summed E-state index contributed by atoms with van der Waals surface area (Å²) in [7, 11) is 0. The van der Waals surface area contributed by atoms with Crippen LogP contribution in [0.3, 0.4) is 0 Å². The highest BCUT2D eigenvalue weighted by Crippen LogP contribution is 2.70. The van der Waals surface area contributed by atoms with Crippen LogP contribution in [-0.2, 0) is 0 Å². The normalized spacial score (nSPS) is 36.9. The Morgan fingerprint density at radius 2 is 1.85 bits per heavy atom. The van der Waals surface area contributed by atoms with E-state index in [1.165, 1.54) is 10.1 Å². The first-order chi connectivity index (χ1) is 13.0. The van der Waals surface area contributed by atoms with Gasteiger partial charge in [-0.2, -0.15) is 0 Å². The molecule has 1 fully saturated rings. The van der Waals surface area contributed by atoms with Gasteiger partial charge in [0.25, 0.3) is 0 Å². The van der Waals surface area contributed by atoms with Gasteiger partial charge in [-0.1, -0.05) is 47.9 Å². The summed E-state index contributed by atoms with van der Waals surface area (Å²) < 4.78 is 13.9. The first-order valence-electron chi connectivity index (χ1n) is 9.94. The predicted octanol–water partition coefficient (Wildman–Crippen LogP) is 2.97. The van der Waals surface area contributed by atoms with E-state index in [9.17, 15) is 11.0 Å². The number of benzene rings is 1. The first kappa shape index (κ1) is 13.6. The first-order valence-corrected chi connectivity index (χ1v) is 9.44. The lowest BCUT2D eigenvalue weighted by Gasteiger charge is -2.64. The number of para-hydroxylation sites is 1. The summed E-state index contributed by atoms with van der Waals surface area (Å²) in [5.41, 5.74) is 2.09. The second-order valence-electron chi connectivity index (χ2n) is 7.90. The molecule has 0 N–H and O–H groups in total. The Bertz CT molecular complexity index is 1170. The second-order valence-corrected chi connectivity index (χ2v) is 7.90. The molecule has 3 heterocycles. The summed E-state index contributed by atoms with van der Waals surface area (Å²) in [4.78, 5) is 26.6.